The number of halogens is 1. The smallest absolute Gasteiger partial charge is 0.166 e. The van der Waals surface area contributed by atoms with Gasteiger partial charge in [-0.25, -0.2) is 4.39 Å². The van der Waals surface area contributed by atoms with Crippen molar-refractivity contribution >= 4 is 0 Å². The van der Waals surface area contributed by atoms with Crippen molar-refractivity contribution in [1.29, 1.82) is 5.26 Å². The Morgan fingerprint density at radius 1 is 1.26 bits per heavy atom. The Hall–Kier alpha value is -2.41. The van der Waals surface area contributed by atoms with E-state index < -0.39 is 11.4 Å². The van der Waals surface area contributed by atoms with Gasteiger partial charge in [0.25, 0.3) is 0 Å². The zero-order valence-corrected chi connectivity index (χ0v) is 10.7. The summed E-state index contributed by atoms with van der Waals surface area (Å²) in [6.45, 7) is 3.62. The van der Waals surface area contributed by atoms with Gasteiger partial charge in [0.05, 0.1) is 17.3 Å². The maximum Gasteiger partial charge on any atom is 0.166 e. The van der Waals surface area contributed by atoms with E-state index in [-0.39, 0.29) is 11.3 Å². The predicted molar refractivity (Wildman–Crippen MR) is 69.0 cm³/mol. The second kappa shape index (κ2) is 5.07. The lowest BCUT2D eigenvalue weighted by atomic mass is 10.0. The molecule has 0 fully saturated rings. The second-order valence-electron chi connectivity index (χ2n) is 4.58. The van der Waals surface area contributed by atoms with Gasteiger partial charge < -0.3 is 4.74 Å². The highest BCUT2D eigenvalue weighted by atomic mass is 19.1. The van der Waals surface area contributed by atoms with Gasteiger partial charge >= 0.3 is 0 Å². The van der Waals surface area contributed by atoms with Gasteiger partial charge in [-0.15, -0.1) is 0 Å². The second-order valence-corrected chi connectivity index (χ2v) is 4.58. The van der Waals surface area contributed by atoms with E-state index in [4.69, 9.17) is 10.00 Å². The molecule has 1 aromatic carbocycles. The number of hydrogen-bond donors (Lipinski definition) is 0. The molecule has 0 N–H and O–H groups in total. The fraction of sp³-hybridized carbons (Fsp3) is 0.200. The van der Waals surface area contributed by atoms with Gasteiger partial charge in [0.15, 0.2) is 11.6 Å². The molecular formula is C15H13FN2O. The summed E-state index contributed by atoms with van der Waals surface area (Å²) < 4.78 is 19.5. The number of nitrogens with zero attached hydrogens (tertiary/aromatic N) is 2. The number of nitriles is 1. The van der Waals surface area contributed by atoms with Crippen molar-refractivity contribution in [3.8, 4) is 11.8 Å². The van der Waals surface area contributed by atoms with Crippen molar-refractivity contribution in [3.63, 3.8) is 0 Å². The minimum Gasteiger partial charge on any atom is -0.478 e. The Kier molecular flexibility index (Phi) is 3.48. The van der Waals surface area contributed by atoms with E-state index in [9.17, 15) is 4.39 Å². The molecule has 3 nitrogen and oxygen atoms in total. The van der Waals surface area contributed by atoms with Gasteiger partial charge in [0, 0.05) is 6.20 Å². The van der Waals surface area contributed by atoms with Crippen LogP contribution in [0, 0.1) is 17.1 Å². The molecule has 1 heterocycles. The molecular weight excluding hydrogens is 243 g/mol. The fourth-order valence-electron chi connectivity index (χ4n) is 1.70. The van der Waals surface area contributed by atoms with Crippen LogP contribution in [-0.2, 0) is 5.60 Å². The maximum atomic E-state index is 13.8. The molecule has 0 unspecified atom stereocenters. The number of rotatable bonds is 3. The Balaban J connectivity index is 2.28. The van der Waals surface area contributed by atoms with Gasteiger partial charge in [0.2, 0.25) is 0 Å². The summed E-state index contributed by atoms with van der Waals surface area (Å²) in [4.78, 5) is 4.21. The zero-order valence-electron chi connectivity index (χ0n) is 10.7. The third-order valence-corrected chi connectivity index (χ3v) is 2.71. The van der Waals surface area contributed by atoms with Crippen LogP contribution in [-0.4, -0.2) is 4.98 Å². The molecule has 0 atom stereocenters. The molecule has 1 aromatic heterocycles. The van der Waals surface area contributed by atoms with Crippen LogP contribution in [0.2, 0.25) is 0 Å². The molecule has 0 saturated heterocycles. The van der Waals surface area contributed by atoms with E-state index in [2.05, 4.69) is 4.98 Å². The summed E-state index contributed by atoms with van der Waals surface area (Å²) in [5.41, 5.74) is 0.218. The molecule has 2 aromatic rings. The van der Waals surface area contributed by atoms with E-state index in [0.29, 0.717) is 5.69 Å². The largest absolute Gasteiger partial charge is 0.478 e. The van der Waals surface area contributed by atoms with Crippen LogP contribution < -0.4 is 4.74 Å². The highest BCUT2D eigenvalue weighted by Gasteiger charge is 2.25. The van der Waals surface area contributed by atoms with Gasteiger partial charge in [-0.2, -0.15) is 5.26 Å². The maximum absolute atomic E-state index is 13.8. The van der Waals surface area contributed by atoms with Crippen LogP contribution in [0.5, 0.6) is 5.75 Å². The lowest BCUT2D eigenvalue weighted by Crippen LogP contribution is -2.26. The van der Waals surface area contributed by atoms with E-state index in [0.717, 1.165) is 6.07 Å². The Morgan fingerprint density at radius 2 is 2.05 bits per heavy atom. The first-order valence-electron chi connectivity index (χ1n) is 5.83. The summed E-state index contributed by atoms with van der Waals surface area (Å²) in [5.74, 6) is -0.447. The summed E-state index contributed by atoms with van der Waals surface area (Å²) in [6.07, 6.45) is 1.66. The first-order valence-corrected chi connectivity index (χ1v) is 5.83. The fourth-order valence-corrected chi connectivity index (χ4v) is 1.70. The minimum atomic E-state index is -0.754. The van der Waals surface area contributed by atoms with Crippen molar-refractivity contribution < 1.29 is 9.13 Å². The van der Waals surface area contributed by atoms with Gasteiger partial charge in [0.1, 0.15) is 5.60 Å². The van der Waals surface area contributed by atoms with E-state index in [1.165, 1.54) is 12.1 Å². The predicted octanol–water partition coefficient (Wildman–Crippen LogP) is 3.41. The van der Waals surface area contributed by atoms with Crippen molar-refractivity contribution in [2.75, 3.05) is 0 Å². The lowest BCUT2D eigenvalue weighted by Gasteiger charge is -2.26. The highest BCUT2D eigenvalue weighted by molar-refractivity contribution is 5.36. The van der Waals surface area contributed by atoms with Gasteiger partial charge in [-0.3, -0.25) is 4.98 Å². The summed E-state index contributed by atoms with van der Waals surface area (Å²) in [7, 11) is 0. The minimum absolute atomic E-state index is 0.106. The Morgan fingerprint density at radius 3 is 2.63 bits per heavy atom. The molecule has 2 rings (SSSR count). The molecule has 0 bridgehead atoms. The topological polar surface area (TPSA) is 45.9 Å². The SMILES string of the molecule is CC(C)(Oc1ccc(C#N)cc1F)c1ccccn1. The number of hydrogen-bond acceptors (Lipinski definition) is 3. The normalized spacial score (nSPS) is 10.8. The first-order chi connectivity index (χ1) is 9.03. The summed E-state index contributed by atoms with van der Waals surface area (Å²) in [5, 5.41) is 8.70. The van der Waals surface area contributed by atoms with Gasteiger partial charge in [-0.05, 0) is 44.2 Å². The summed E-state index contributed by atoms with van der Waals surface area (Å²) in [6, 6.07) is 11.5. The average molecular weight is 256 g/mol. The van der Waals surface area contributed by atoms with Crippen LogP contribution >= 0.6 is 0 Å². The van der Waals surface area contributed by atoms with Crippen molar-refractivity contribution in [1.82, 2.24) is 4.98 Å². The zero-order chi connectivity index (χ0) is 13.9. The monoisotopic (exact) mass is 256 g/mol. The quantitative estimate of drug-likeness (QED) is 0.845. The molecule has 0 saturated carbocycles. The molecule has 96 valence electrons. The Bertz CT molecular complexity index is 618. The number of ether oxygens (including phenoxy) is 1. The lowest BCUT2D eigenvalue weighted by molar-refractivity contribution is 0.0979. The van der Waals surface area contributed by atoms with Gasteiger partial charge in [-0.1, -0.05) is 6.07 Å². The molecule has 0 aliphatic carbocycles. The van der Waals surface area contributed by atoms with Crippen LogP contribution in [0.3, 0.4) is 0 Å². The van der Waals surface area contributed by atoms with Crippen LogP contribution in [0.4, 0.5) is 4.39 Å². The number of pyridine rings is 1. The molecule has 0 aliphatic heterocycles. The van der Waals surface area contributed by atoms with Crippen molar-refractivity contribution in [2.24, 2.45) is 0 Å². The number of aromatic nitrogens is 1. The van der Waals surface area contributed by atoms with Crippen molar-refractivity contribution in [2.45, 2.75) is 19.4 Å². The molecule has 19 heavy (non-hydrogen) atoms. The molecule has 0 aliphatic rings. The van der Waals surface area contributed by atoms with Crippen LogP contribution in [0.25, 0.3) is 0 Å². The molecule has 0 radical (unpaired) electrons. The Labute approximate surface area is 111 Å². The van der Waals surface area contributed by atoms with E-state index >= 15 is 0 Å². The van der Waals surface area contributed by atoms with E-state index in [1.807, 2.05) is 38.1 Å². The van der Waals surface area contributed by atoms with E-state index in [1.54, 1.807) is 6.20 Å². The number of benzene rings is 1. The average Bonchev–Trinajstić information content (AvgIpc) is 2.42. The molecule has 4 heteroatoms. The van der Waals surface area contributed by atoms with Crippen LogP contribution in [0.15, 0.2) is 42.6 Å². The third-order valence-electron chi connectivity index (χ3n) is 2.71. The highest BCUT2D eigenvalue weighted by Crippen LogP contribution is 2.28. The molecule has 0 amide bonds. The van der Waals surface area contributed by atoms with Crippen molar-refractivity contribution in [3.05, 3.63) is 59.7 Å². The summed E-state index contributed by atoms with van der Waals surface area (Å²) >= 11 is 0. The molecule has 0 spiro atoms. The third kappa shape index (κ3) is 2.89. The van der Waals surface area contributed by atoms with Crippen LogP contribution in [0.1, 0.15) is 25.1 Å². The standard InChI is InChI=1S/C15H13FN2O/c1-15(2,14-5-3-4-8-18-14)19-13-7-6-11(10-17)9-12(13)16/h3-9H,1-2H3. The first kappa shape index (κ1) is 13.0.